The minimum absolute atomic E-state index is 0.00317. The number of rotatable bonds is 5. The molecule has 4 N–H and O–H groups in total. The molecule has 0 fully saturated rings. The van der Waals surface area contributed by atoms with Crippen molar-refractivity contribution in [3.8, 4) is 0 Å². The molecule has 9 nitrogen and oxygen atoms in total. The Balaban J connectivity index is 1.64. The van der Waals surface area contributed by atoms with Gasteiger partial charge in [0.2, 0.25) is 17.8 Å². The number of nitrogens with zero attached hydrogens (tertiary/aromatic N) is 2. The molecule has 2 aromatic carbocycles. The van der Waals surface area contributed by atoms with E-state index in [1.807, 2.05) is 31.2 Å². The second kappa shape index (κ2) is 9.09. The van der Waals surface area contributed by atoms with Gasteiger partial charge >= 0.3 is 6.09 Å². The summed E-state index contributed by atoms with van der Waals surface area (Å²) >= 11 is 0. The lowest BCUT2D eigenvalue weighted by atomic mass is 10.2. The summed E-state index contributed by atoms with van der Waals surface area (Å²) in [4.78, 5) is 41.1. The fourth-order valence-corrected chi connectivity index (χ4v) is 2.98. The molecule has 0 spiro atoms. The molecule has 0 aliphatic carbocycles. The molecule has 9 heteroatoms. The van der Waals surface area contributed by atoms with E-state index in [-0.39, 0.29) is 30.6 Å². The number of nitrogens with two attached hydrogens (primary N) is 1. The fourth-order valence-electron chi connectivity index (χ4n) is 2.98. The molecule has 32 heavy (non-hydrogen) atoms. The largest absolute Gasteiger partial charge is 0.443 e. The van der Waals surface area contributed by atoms with Crippen molar-refractivity contribution < 1.29 is 19.1 Å². The lowest BCUT2D eigenvalue weighted by Gasteiger charge is -2.20. The number of carbonyl (C=O) groups is 3. The zero-order valence-electron chi connectivity index (χ0n) is 18.6. The predicted molar refractivity (Wildman–Crippen MR) is 123 cm³/mol. The molecule has 0 unspecified atom stereocenters. The van der Waals surface area contributed by atoms with E-state index >= 15 is 0 Å². The number of nitrogens with one attached hydrogen (secondary N) is 2. The van der Waals surface area contributed by atoms with Gasteiger partial charge < -0.3 is 21.1 Å². The van der Waals surface area contributed by atoms with E-state index in [2.05, 4.69) is 15.6 Å². The van der Waals surface area contributed by atoms with E-state index in [1.54, 1.807) is 39.0 Å². The lowest BCUT2D eigenvalue weighted by molar-refractivity contribution is -0.121. The number of carbonyl (C=O) groups excluding carboxylic acids is 3. The van der Waals surface area contributed by atoms with Crippen molar-refractivity contribution >= 4 is 46.3 Å². The second-order valence-electron chi connectivity index (χ2n) is 8.45. The smallest absolute Gasteiger partial charge is 0.421 e. The van der Waals surface area contributed by atoms with Crippen molar-refractivity contribution in [2.24, 2.45) is 0 Å². The number of aromatic nitrogens is 2. The molecule has 3 aromatic rings. The van der Waals surface area contributed by atoms with E-state index in [4.69, 9.17) is 10.5 Å². The van der Waals surface area contributed by atoms with Gasteiger partial charge in [0, 0.05) is 24.2 Å². The first-order valence-electron chi connectivity index (χ1n) is 10.2. The van der Waals surface area contributed by atoms with Gasteiger partial charge in [0.1, 0.15) is 5.60 Å². The molecule has 0 radical (unpaired) electrons. The Morgan fingerprint density at radius 2 is 1.53 bits per heavy atom. The number of hydrogen-bond acceptors (Lipinski definition) is 6. The molecule has 0 saturated heterocycles. The maximum Gasteiger partial charge on any atom is 0.421 e. The summed E-state index contributed by atoms with van der Waals surface area (Å²) < 4.78 is 6.54. The molecule has 1 aromatic heterocycles. The van der Waals surface area contributed by atoms with Gasteiger partial charge in [-0.25, -0.2) is 14.3 Å². The summed E-state index contributed by atoms with van der Waals surface area (Å²) in [6.45, 7) is 7.21. The van der Waals surface area contributed by atoms with Crippen LogP contribution in [-0.4, -0.2) is 33.1 Å². The molecule has 168 valence electrons. The maximum absolute atomic E-state index is 12.5. The minimum atomic E-state index is -0.703. The topological polar surface area (TPSA) is 128 Å². The molecule has 0 aliphatic rings. The maximum atomic E-state index is 12.5. The highest BCUT2D eigenvalue weighted by molar-refractivity contribution is 5.98. The first-order chi connectivity index (χ1) is 15.0. The molecule has 1 heterocycles. The normalized spacial score (nSPS) is 11.2. The van der Waals surface area contributed by atoms with Gasteiger partial charge in [0.25, 0.3) is 0 Å². The van der Waals surface area contributed by atoms with Crippen molar-refractivity contribution in [2.45, 2.75) is 46.1 Å². The number of benzene rings is 2. The zero-order chi connectivity index (χ0) is 23.5. The van der Waals surface area contributed by atoms with Crippen LogP contribution in [-0.2, 0) is 14.3 Å². The summed E-state index contributed by atoms with van der Waals surface area (Å²) in [5.41, 5.74) is 8.31. The number of fused-ring (bicyclic) bond motifs is 1. The summed E-state index contributed by atoms with van der Waals surface area (Å²) in [6, 6.07) is 12.3. The van der Waals surface area contributed by atoms with Crippen LogP contribution >= 0.6 is 0 Å². The van der Waals surface area contributed by atoms with Crippen LogP contribution in [0.2, 0.25) is 0 Å². The average molecular weight is 438 g/mol. The highest BCUT2D eigenvalue weighted by Crippen LogP contribution is 2.23. The van der Waals surface area contributed by atoms with E-state index in [9.17, 15) is 14.4 Å². The number of nitrogen functional groups attached to an aromatic ring is 1. The zero-order valence-corrected chi connectivity index (χ0v) is 18.6. The van der Waals surface area contributed by atoms with Crippen molar-refractivity contribution in [3.63, 3.8) is 0 Å². The van der Waals surface area contributed by atoms with Crippen molar-refractivity contribution in [1.29, 1.82) is 0 Å². The Morgan fingerprint density at radius 3 is 2.12 bits per heavy atom. The Morgan fingerprint density at radius 1 is 0.969 bits per heavy atom. The van der Waals surface area contributed by atoms with Crippen LogP contribution in [0, 0.1) is 6.92 Å². The van der Waals surface area contributed by atoms with Crippen LogP contribution in [0.4, 0.5) is 22.1 Å². The van der Waals surface area contributed by atoms with Gasteiger partial charge in [-0.1, -0.05) is 17.7 Å². The molecule has 0 atom stereocenters. The third-order valence-electron chi connectivity index (χ3n) is 4.45. The van der Waals surface area contributed by atoms with Crippen LogP contribution in [0.5, 0.6) is 0 Å². The molecule has 0 aliphatic heterocycles. The van der Waals surface area contributed by atoms with Crippen LogP contribution in [0.3, 0.4) is 0 Å². The van der Waals surface area contributed by atoms with Crippen LogP contribution in [0.1, 0.15) is 39.2 Å². The van der Waals surface area contributed by atoms with E-state index in [0.717, 1.165) is 10.1 Å². The van der Waals surface area contributed by atoms with Gasteiger partial charge in [-0.2, -0.15) is 0 Å². The third kappa shape index (κ3) is 5.84. The Bertz CT molecular complexity index is 1160. The minimum Gasteiger partial charge on any atom is -0.443 e. The van der Waals surface area contributed by atoms with Crippen LogP contribution in [0.15, 0.2) is 42.5 Å². The summed E-state index contributed by atoms with van der Waals surface area (Å²) in [7, 11) is 0. The molecule has 2 amide bonds. The number of anilines is 3. The number of imidazole rings is 1. The number of amides is 2. The molecular weight excluding hydrogens is 410 g/mol. The van der Waals surface area contributed by atoms with Gasteiger partial charge in [-0.15, -0.1) is 0 Å². The van der Waals surface area contributed by atoms with Crippen molar-refractivity contribution in [3.05, 3.63) is 48.0 Å². The molecule has 3 rings (SSSR count). The van der Waals surface area contributed by atoms with E-state index < -0.39 is 11.7 Å². The number of aryl methyl sites for hydroxylation is 1. The Labute approximate surface area is 185 Å². The molecule has 0 bridgehead atoms. The quantitative estimate of drug-likeness (QED) is 0.552. The summed E-state index contributed by atoms with van der Waals surface area (Å²) in [5, 5.41) is 5.49. The average Bonchev–Trinajstić information content (AvgIpc) is 3.02. The van der Waals surface area contributed by atoms with Crippen molar-refractivity contribution in [1.82, 2.24) is 9.55 Å². The summed E-state index contributed by atoms with van der Waals surface area (Å²) in [6.07, 6.45) is -0.623. The van der Waals surface area contributed by atoms with E-state index in [0.29, 0.717) is 22.4 Å². The Hall–Kier alpha value is -3.88. The van der Waals surface area contributed by atoms with Crippen LogP contribution in [0.25, 0.3) is 11.0 Å². The SMILES string of the molecule is Cc1ccc(NC(=O)CCC(=O)Nc2ccc3nc(N)n(C(=O)OC(C)(C)C)c3c2)cc1. The van der Waals surface area contributed by atoms with Crippen LogP contribution < -0.4 is 16.4 Å². The Kier molecular flexibility index (Phi) is 6.47. The first-order valence-corrected chi connectivity index (χ1v) is 10.2. The standard InChI is InChI=1S/C23H27N5O4/c1-14-5-7-15(8-6-14)25-19(29)11-12-20(30)26-16-9-10-17-18(13-16)28(21(24)27-17)22(31)32-23(2,3)4/h5-10,13H,11-12H2,1-4H3,(H2,24,27)(H,25,29)(H,26,30). The highest BCUT2D eigenvalue weighted by Gasteiger charge is 2.22. The second-order valence-corrected chi connectivity index (χ2v) is 8.45. The third-order valence-corrected chi connectivity index (χ3v) is 4.45. The molecule has 0 saturated carbocycles. The number of ether oxygens (including phenoxy) is 1. The lowest BCUT2D eigenvalue weighted by Crippen LogP contribution is -2.27. The van der Waals surface area contributed by atoms with E-state index in [1.165, 1.54) is 0 Å². The summed E-state index contributed by atoms with van der Waals surface area (Å²) in [5.74, 6) is -0.597. The monoisotopic (exact) mass is 437 g/mol. The first kappa shape index (κ1) is 22.8. The highest BCUT2D eigenvalue weighted by atomic mass is 16.6. The predicted octanol–water partition coefficient (Wildman–Crippen LogP) is 4.07. The van der Waals surface area contributed by atoms with Gasteiger partial charge in [-0.05, 0) is 58.0 Å². The van der Waals surface area contributed by atoms with Crippen molar-refractivity contribution in [2.75, 3.05) is 16.4 Å². The van der Waals surface area contributed by atoms with Gasteiger partial charge in [0.05, 0.1) is 11.0 Å². The molecular formula is C23H27N5O4. The van der Waals surface area contributed by atoms with Gasteiger partial charge in [-0.3, -0.25) is 9.59 Å². The number of hydrogen-bond donors (Lipinski definition) is 3. The van der Waals surface area contributed by atoms with Gasteiger partial charge in [0.15, 0.2) is 0 Å². The fraction of sp³-hybridized carbons (Fsp3) is 0.304.